The number of hydrogen-bond donors (Lipinski definition) is 1. The molecule has 0 spiro atoms. The summed E-state index contributed by atoms with van der Waals surface area (Å²) in [5, 5.41) is 18.9. The first-order chi connectivity index (χ1) is 7.93. The molecule has 17 heavy (non-hydrogen) atoms. The molecule has 0 aliphatic rings. The Hall–Kier alpha value is -1.73. The molecular weight excluding hydrogens is 276 g/mol. The van der Waals surface area contributed by atoms with E-state index >= 15 is 0 Å². The lowest BCUT2D eigenvalue weighted by Gasteiger charge is -2.04. The van der Waals surface area contributed by atoms with E-state index < -0.39 is 32.5 Å². The quantitative estimate of drug-likeness (QED) is 0.492. The van der Waals surface area contributed by atoms with Gasteiger partial charge in [0.15, 0.2) is 11.0 Å². The lowest BCUT2D eigenvalue weighted by molar-refractivity contribution is -0.385. The predicted octanol–water partition coefficient (Wildman–Crippen LogP) is 2.69. The maximum atomic E-state index is 13.5. The highest BCUT2D eigenvalue weighted by atomic mass is 35.5. The van der Waals surface area contributed by atoms with Gasteiger partial charge < -0.3 is 5.11 Å². The molecule has 0 aromatic carbocycles. The third-order valence-corrected chi connectivity index (χ3v) is 2.65. The van der Waals surface area contributed by atoms with Gasteiger partial charge in [-0.1, -0.05) is 23.2 Å². The predicted molar refractivity (Wildman–Crippen MR) is 57.8 cm³/mol. The van der Waals surface area contributed by atoms with Crippen molar-refractivity contribution in [2.45, 2.75) is 0 Å². The number of nitrogens with zero attached hydrogens (tertiary/aromatic N) is 3. The van der Waals surface area contributed by atoms with E-state index in [0.29, 0.717) is 0 Å². The topological polar surface area (TPSA) is 89.2 Å². The monoisotopic (exact) mass is 277 g/mol. The van der Waals surface area contributed by atoms with Crippen LogP contribution in [-0.4, -0.2) is 20.0 Å². The van der Waals surface area contributed by atoms with Crippen molar-refractivity contribution < 1.29 is 14.4 Å². The highest BCUT2D eigenvalue weighted by Crippen LogP contribution is 2.38. The van der Waals surface area contributed by atoms with Gasteiger partial charge in [-0.15, -0.1) is 0 Å². The summed E-state index contributed by atoms with van der Waals surface area (Å²) in [6.07, 6.45) is 1.04. The summed E-state index contributed by atoms with van der Waals surface area (Å²) in [6, 6.07) is 0. The normalized spacial score (nSPS) is 10.8. The molecule has 0 radical (unpaired) electrons. The number of aromatic hydroxyl groups is 1. The molecule has 0 amide bonds. The number of aromatic nitrogens is 2. The van der Waals surface area contributed by atoms with Crippen LogP contribution in [0.2, 0.25) is 10.2 Å². The minimum atomic E-state index is -1.00. The van der Waals surface area contributed by atoms with Gasteiger partial charge in [-0.3, -0.25) is 10.1 Å². The van der Waals surface area contributed by atoms with Crippen LogP contribution in [0.15, 0.2) is 6.20 Å². The Morgan fingerprint density at radius 3 is 2.71 bits per heavy atom. The fraction of sp³-hybridized carbons (Fsp3) is 0. The largest absolute Gasteiger partial charge is 0.488 e. The summed E-state index contributed by atoms with van der Waals surface area (Å²) in [7, 11) is 0. The Kier molecular flexibility index (Phi) is 2.72. The molecule has 0 atom stereocenters. The molecule has 9 heteroatoms. The Morgan fingerprint density at radius 2 is 2.12 bits per heavy atom. The van der Waals surface area contributed by atoms with E-state index in [0.717, 1.165) is 6.20 Å². The zero-order valence-corrected chi connectivity index (χ0v) is 9.33. The molecule has 0 aliphatic carbocycles. The average Bonchev–Trinajstić information content (AvgIpc) is 2.23. The van der Waals surface area contributed by atoms with Crippen LogP contribution in [0.3, 0.4) is 0 Å². The van der Waals surface area contributed by atoms with Crippen LogP contribution < -0.4 is 0 Å². The number of hydrogen-bond acceptors (Lipinski definition) is 5. The molecule has 0 fully saturated rings. The van der Waals surface area contributed by atoms with Gasteiger partial charge in [0.25, 0.3) is 5.88 Å². The molecule has 1 N–H and O–H groups in total. The van der Waals surface area contributed by atoms with Crippen LogP contribution in [0.5, 0.6) is 5.88 Å². The Morgan fingerprint density at radius 1 is 1.47 bits per heavy atom. The molecular formula is C8H2Cl2FN3O3. The van der Waals surface area contributed by atoms with E-state index in [1.807, 2.05) is 0 Å². The molecule has 2 aromatic heterocycles. The second kappa shape index (κ2) is 3.94. The van der Waals surface area contributed by atoms with Crippen LogP contribution in [-0.2, 0) is 0 Å². The zero-order valence-electron chi connectivity index (χ0n) is 7.82. The summed E-state index contributed by atoms with van der Waals surface area (Å²) in [5.74, 6) is -1.98. The average molecular weight is 278 g/mol. The maximum Gasteiger partial charge on any atom is 0.349 e. The smallest absolute Gasteiger partial charge is 0.349 e. The SMILES string of the molecule is O=[N+]([O-])c1c(O)nc2c(F)c(Cl)ncc2c1Cl. The van der Waals surface area contributed by atoms with Crippen LogP contribution in [0.1, 0.15) is 0 Å². The first-order valence-corrected chi connectivity index (χ1v) is 4.85. The summed E-state index contributed by atoms with van der Waals surface area (Å²) in [4.78, 5) is 16.5. The number of halogens is 3. The Labute approximate surface area is 103 Å². The van der Waals surface area contributed by atoms with Gasteiger partial charge in [0.2, 0.25) is 0 Å². The van der Waals surface area contributed by atoms with E-state index in [1.54, 1.807) is 0 Å². The van der Waals surface area contributed by atoms with Gasteiger partial charge in [0, 0.05) is 11.6 Å². The fourth-order valence-electron chi connectivity index (χ4n) is 1.27. The van der Waals surface area contributed by atoms with E-state index in [1.165, 1.54) is 0 Å². The Bertz CT molecular complexity index is 650. The van der Waals surface area contributed by atoms with Gasteiger partial charge in [0.1, 0.15) is 10.5 Å². The van der Waals surface area contributed by atoms with Gasteiger partial charge in [-0.05, 0) is 0 Å². The van der Waals surface area contributed by atoms with E-state index in [2.05, 4.69) is 9.97 Å². The molecule has 6 nitrogen and oxygen atoms in total. The third kappa shape index (κ3) is 1.73. The van der Waals surface area contributed by atoms with Crippen LogP contribution in [0.25, 0.3) is 10.9 Å². The van der Waals surface area contributed by atoms with Gasteiger partial charge >= 0.3 is 5.69 Å². The van der Waals surface area contributed by atoms with E-state index in [4.69, 9.17) is 23.2 Å². The van der Waals surface area contributed by atoms with Gasteiger partial charge in [-0.2, -0.15) is 0 Å². The van der Waals surface area contributed by atoms with Gasteiger partial charge in [-0.25, -0.2) is 14.4 Å². The molecule has 2 heterocycles. The zero-order chi connectivity index (χ0) is 12.7. The second-order valence-corrected chi connectivity index (χ2v) is 3.72. The van der Waals surface area contributed by atoms with Crippen LogP contribution >= 0.6 is 23.2 Å². The van der Waals surface area contributed by atoms with Crippen LogP contribution in [0, 0.1) is 15.9 Å². The van der Waals surface area contributed by atoms with Gasteiger partial charge in [0.05, 0.1) is 4.92 Å². The third-order valence-electron chi connectivity index (χ3n) is 2.01. The van der Waals surface area contributed by atoms with E-state index in [-0.39, 0.29) is 10.9 Å². The molecule has 0 unspecified atom stereocenters. The molecule has 0 saturated carbocycles. The highest BCUT2D eigenvalue weighted by molar-refractivity contribution is 6.38. The number of nitro groups is 1. The Balaban J connectivity index is 2.96. The summed E-state index contributed by atoms with van der Waals surface area (Å²) < 4.78 is 13.5. The number of fused-ring (bicyclic) bond motifs is 1. The fourth-order valence-corrected chi connectivity index (χ4v) is 1.70. The highest BCUT2D eigenvalue weighted by Gasteiger charge is 2.25. The van der Waals surface area contributed by atoms with E-state index in [9.17, 15) is 19.6 Å². The minimum Gasteiger partial charge on any atom is -0.488 e. The summed E-state index contributed by atoms with van der Waals surface area (Å²) in [5.41, 5.74) is -1.18. The molecule has 88 valence electrons. The van der Waals surface area contributed by atoms with Crippen molar-refractivity contribution in [1.29, 1.82) is 0 Å². The lowest BCUT2D eigenvalue weighted by Crippen LogP contribution is -1.96. The summed E-state index contributed by atoms with van der Waals surface area (Å²) in [6.45, 7) is 0. The summed E-state index contributed by atoms with van der Waals surface area (Å²) >= 11 is 11.1. The molecule has 2 rings (SSSR count). The number of rotatable bonds is 1. The maximum absolute atomic E-state index is 13.5. The lowest BCUT2D eigenvalue weighted by atomic mass is 10.2. The van der Waals surface area contributed by atoms with Crippen molar-refractivity contribution in [2.24, 2.45) is 0 Å². The molecule has 2 aromatic rings. The van der Waals surface area contributed by atoms with Crippen molar-refractivity contribution >= 4 is 39.8 Å². The molecule has 0 bridgehead atoms. The van der Waals surface area contributed by atoms with Crippen molar-refractivity contribution in [2.75, 3.05) is 0 Å². The van der Waals surface area contributed by atoms with Crippen molar-refractivity contribution in [3.8, 4) is 5.88 Å². The minimum absolute atomic E-state index is 0.0990. The second-order valence-electron chi connectivity index (χ2n) is 2.98. The molecule has 0 aliphatic heterocycles. The van der Waals surface area contributed by atoms with Crippen LogP contribution in [0.4, 0.5) is 10.1 Å². The number of pyridine rings is 2. The molecule has 0 saturated heterocycles. The van der Waals surface area contributed by atoms with Crippen molar-refractivity contribution in [1.82, 2.24) is 9.97 Å². The van der Waals surface area contributed by atoms with Crippen molar-refractivity contribution in [3.63, 3.8) is 0 Å². The first-order valence-electron chi connectivity index (χ1n) is 4.10. The first kappa shape index (κ1) is 11.7. The van der Waals surface area contributed by atoms with Crippen molar-refractivity contribution in [3.05, 3.63) is 32.3 Å². The standard InChI is InChI=1S/C8H2Cl2FN3O3/c9-3-2-1-12-7(10)4(11)5(2)13-8(15)6(3)14(16)17/h1H,(H,13,15).